The van der Waals surface area contributed by atoms with Gasteiger partial charge in [-0.05, 0) is 24.7 Å². The standard InChI is InChI=1S/C9H14O4S/c1-6-7-2-3-9(6,8(10)4-7)5-14(11,12)13/h6-7H,2-5H2,1H3,(H,11,12,13)/t6-,7+,9+/m0/s1. The summed E-state index contributed by atoms with van der Waals surface area (Å²) in [6.07, 6.45) is 2.04. The first-order valence-corrected chi connectivity index (χ1v) is 6.44. The molecule has 2 bridgehead atoms. The molecule has 14 heavy (non-hydrogen) atoms. The van der Waals surface area contributed by atoms with Gasteiger partial charge in [0.05, 0.1) is 5.75 Å². The van der Waals surface area contributed by atoms with Crippen LogP contribution < -0.4 is 0 Å². The summed E-state index contributed by atoms with van der Waals surface area (Å²) in [6.45, 7) is 1.92. The van der Waals surface area contributed by atoms with Crippen molar-refractivity contribution in [3.63, 3.8) is 0 Å². The minimum absolute atomic E-state index is 0.0267. The van der Waals surface area contributed by atoms with Gasteiger partial charge < -0.3 is 0 Å². The van der Waals surface area contributed by atoms with Crippen LogP contribution in [-0.2, 0) is 14.9 Å². The van der Waals surface area contributed by atoms with Gasteiger partial charge in [-0.1, -0.05) is 6.92 Å². The molecule has 1 N–H and O–H groups in total. The second kappa shape index (κ2) is 2.79. The normalized spacial score (nSPS) is 42.0. The Hall–Kier alpha value is -0.420. The van der Waals surface area contributed by atoms with Crippen molar-refractivity contribution in [1.82, 2.24) is 0 Å². The van der Waals surface area contributed by atoms with Crippen LogP contribution in [0.5, 0.6) is 0 Å². The Bertz CT molecular complexity index is 372. The summed E-state index contributed by atoms with van der Waals surface area (Å²) in [5.41, 5.74) is -0.766. The molecule has 5 heteroatoms. The molecule has 2 aliphatic carbocycles. The SMILES string of the molecule is C[C@H]1[C@@H]2CC[C@]1(CS(=O)(=O)O)C(=O)C2. The summed E-state index contributed by atoms with van der Waals surface area (Å²) < 4.78 is 30.6. The molecule has 2 aliphatic rings. The highest BCUT2D eigenvalue weighted by molar-refractivity contribution is 7.85. The lowest BCUT2D eigenvalue weighted by atomic mass is 9.81. The van der Waals surface area contributed by atoms with E-state index >= 15 is 0 Å². The zero-order chi connectivity index (χ0) is 10.6. The molecule has 80 valence electrons. The van der Waals surface area contributed by atoms with E-state index in [0.717, 1.165) is 6.42 Å². The first-order chi connectivity index (χ1) is 6.35. The topological polar surface area (TPSA) is 71.4 Å². The second-order valence-electron chi connectivity index (χ2n) is 4.60. The van der Waals surface area contributed by atoms with E-state index in [1.807, 2.05) is 6.92 Å². The zero-order valence-corrected chi connectivity index (χ0v) is 8.88. The summed E-state index contributed by atoms with van der Waals surface area (Å²) >= 11 is 0. The molecule has 0 amide bonds. The molecular weight excluding hydrogens is 204 g/mol. The third-order valence-electron chi connectivity index (χ3n) is 3.98. The van der Waals surface area contributed by atoms with Gasteiger partial charge in [0, 0.05) is 11.8 Å². The van der Waals surface area contributed by atoms with Crippen LogP contribution in [0, 0.1) is 17.3 Å². The Morgan fingerprint density at radius 3 is 2.57 bits per heavy atom. The van der Waals surface area contributed by atoms with E-state index in [1.165, 1.54) is 0 Å². The largest absolute Gasteiger partial charge is 0.299 e. The third kappa shape index (κ3) is 1.30. The van der Waals surface area contributed by atoms with Gasteiger partial charge in [-0.25, -0.2) is 0 Å². The Morgan fingerprint density at radius 1 is 1.57 bits per heavy atom. The van der Waals surface area contributed by atoms with Gasteiger partial charge >= 0.3 is 0 Å². The van der Waals surface area contributed by atoms with E-state index in [9.17, 15) is 13.2 Å². The second-order valence-corrected chi connectivity index (χ2v) is 6.05. The first kappa shape index (κ1) is 10.1. The van der Waals surface area contributed by atoms with Gasteiger partial charge in [-0.3, -0.25) is 9.35 Å². The number of carbonyl (C=O) groups excluding carboxylic acids is 1. The number of carbonyl (C=O) groups is 1. The Morgan fingerprint density at radius 2 is 2.21 bits per heavy atom. The average molecular weight is 218 g/mol. The van der Waals surface area contributed by atoms with Crippen molar-refractivity contribution in [2.24, 2.45) is 17.3 Å². The van der Waals surface area contributed by atoms with Crippen molar-refractivity contribution in [3.05, 3.63) is 0 Å². The highest BCUT2D eigenvalue weighted by Crippen LogP contribution is 2.56. The lowest BCUT2D eigenvalue weighted by molar-refractivity contribution is -0.126. The van der Waals surface area contributed by atoms with Crippen LogP contribution in [0.1, 0.15) is 26.2 Å². The minimum atomic E-state index is -4.04. The molecule has 3 atom stereocenters. The molecule has 0 spiro atoms. The lowest BCUT2D eigenvalue weighted by Gasteiger charge is -2.26. The van der Waals surface area contributed by atoms with Gasteiger partial charge in [-0.15, -0.1) is 0 Å². The van der Waals surface area contributed by atoms with Crippen LogP contribution in [0.3, 0.4) is 0 Å². The monoisotopic (exact) mass is 218 g/mol. The summed E-state index contributed by atoms with van der Waals surface area (Å²) in [6, 6.07) is 0. The maximum atomic E-state index is 11.7. The van der Waals surface area contributed by atoms with E-state index in [0.29, 0.717) is 18.8 Å². The smallest absolute Gasteiger partial charge is 0.265 e. The van der Waals surface area contributed by atoms with Gasteiger partial charge in [0.1, 0.15) is 5.78 Å². The maximum absolute atomic E-state index is 11.7. The Balaban J connectivity index is 2.34. The molecule has 2 fully saturated rings. The maximum Gasteiger partial charge on any atom is 0.265 e. The predicted molar refractivity (Wildman–Crippen MR) is 50.4 cm³/mol. The van der Waals surface area contributed by atoms with Crippen molar-refractivity contribution in [3.8, 4) is 0 Å². The fraction of sp³-hybridized carbons (Fsp3) is 0.889. The number of ketones is 1. The molecule has 0 radical (unpaired) electrons. The van der Waals surface area contributed by atoms with Crippen molar-refractivity contribution in [1.29, 1.82) is 0 Å². The molecule has 0 heterocycles. The number of hydrogen-bond donors (Lipinski definition) is 1. The van der Waals surface area contributed by atoms with Gasteiger partial charge in [0.2, 0.25) is 0 Å². The van der Waals surface area contributed by atoms with Crippen molar-refractivity contribution < 1.29 is 17.8 Å². The minimum Gasteiger partial charge on any atom is -0.299 e. The van der Waals surface area contributed by atoms with E-state index < -0.39 is 15.5 Å². The molecule has 0 aromatic heterocycles. The molecule has 4 nitrogen and oxygen atoms in total. The summed E-state index contributed by atoms with van der Waals surface area (Å²) in [5, 5.41) is 0. The van der Waals surface area contributed by atoms with Crippen LogP contribution in [0.25, 0.3) is 0 Å². The fourth-order valence-corrected chi connectivity index (χ4v) is 4.31. The fourth-order valence-electron chi connectivity index (χ4n) is 3.09. The highest BCUT2D eigenvalue weighted by atomic mass is 32.2. The number of hydrogen-bond acceptors (Lipinski definition) is 3. The van der Waals surface area contributed by atoms with E-state index in [-0.39, 0.29) is 17.5 Å². The predicted octanol–water partition coefficient (Wildman–Crippen LogP) is 0.879. The van der Waals surface area contributed by atoms with Gasteiger partial charge in [0.25, 0.3) is 10.1 Å². The van der Waals surface area contributed by atoms with Gasteiger partial charge in [-0.2, -0.15) is 8.42 Å². The molecule has 2 rings (SSSR count). The summed E-state index contributed by atoms with van der Waals surface area (Å²) in [7, 11) is -4.04. The molecule has 2 saturated carbocycles. The number of fused-ring (bicyclic) bond motifs is 2. The van der Waals surface area contributed by atoms with Crippen LogP contribution in [0.4, 0.5) is 0 Å². The van der Waals surface area contributed by atoms with E-state index in [2.05, 4.69) is 0 Å². The number of rotatable bonds is 2. The van der Waals surface area contributed by atoms with Crippen LogP contribution in [0.15, 0.2) is 0 Å². The van der Waals surface area contributed by atoms with Crippen molar-refractivity contribution in [2.75, 3.05) is 5.75 Å². The van der Waals surface area contributed by atoms with E-state index in [4.69, 9.17) is 4.55 Å². The average Bonchev–Trinajstić information content (AvgIpc) is 2.40. The highest BCUT2D eigenvalue weighted by Gasteiger charge is 2.58. The van der Waals surface area contributed by atoms with E-state index in [1.54, 1.807) is 0 Å². The van der Waals surface area contributed by atoms with Crippen LogP contribution in [0.2, 0.25) is 0 Å². The van der Waals surface area contributed by atoms with Gasteiger partial charge in [0.15, 0.2) is 0 Å². The Labute approximate surface area is 83.4 Å². The quantitative estimate of drug-likeness (QED) is 0.698. The van der Waals surface area contributed by atoms with Crippen LogP contribution in [-0.4, -0.2) is 24.5 Å². The summed E-state index contributed by atoms with van der Waals surface area (Å²) in [5.74, 6) is 0.0938. The number of Topliss-reactive ketones (excluding diaryl/α,β-unsaturated/α-hetero) is 1. The molecule has 0 aliphatic heterocycles. The van der Waals surface area contributed by atoms with Crippen LogP contribution >= 0.6 is 0 Å². The molecule has 0 unspecified atom stereocenters. The lowest BCUT2D eigenvalue weighted by Crippen LogP contribution is -2.36. The third-order valence-corrected chi connectivity index (χ3v) is 4.86. The Kier molecular flexibility index (Phi) is 2.02. The zero-order valence-electron chi connectivity index (χ0n) is 8.06. The van der Waals surface area contributed by atoms with Crippen molar-refractivity contribution >= 4 is 15.9 Å². The molecule has 0 aromatic rings. The first-order valence-electron chi connectivity index (χ1n) is 4.84. The summed E-state index contributed by atoms with van der Waals surface area (Å²) in [4.78, 5) is 11.7. The molecular formula is C9H14O4S. The molecule has 0 saturated heterocycles. The van der Waals surface area contributed by atoms with Crippen molar-refractivity contribution in [2.45, 2.75) is 26.2 Å². The molecule has 0 aromatic carbocycles.